The molecule has 0 bridgehead atoms. The van der Waals surface area contributed by atoms with E-state index in [4.69, 9.17) is 0 Å². The molecule has 0 radical (unpaired) electrons. The summed E-state index contributed by atoms with van der Waals surface area (Å²) in [6.45, 7) is 0. The first-order valence-electron chi connectivity index (χ1n) is 4.19. The van der Waals surface area contributed by atoms with E-state index in [1.54, 1.807) is 7.05 Å². The molecule has 0 heterocycles. The predicted octanol–water partition coefficient (Wildman–Crippen LogP) is 2.26. The van der Waals surface area contributed by atoms with Crippen molar-refractivity contribution in [1.82, 2.24) is 5.32 Å². The second kappa shape index (κ2) is 3.64. The Kier molecular flexibility index (Phi) is 2.94. The third kappa shape index (κ3) is 1.69. The molecule has 0 unspecified atom stereocenters. The third-order valence-electron chi connectivity index (χ3n) is 2.50. The standard InChI is InChI=1S/C10H12FN.ClH/c1-12-9-7-10(9,11)8-5-3-2-4-6-8;/h2-6,9,12H,7H2,1H3;1H/t9-,10+;/m1./s1. The molecule has 3 heteroatoms. The quantitative estimate of drug-likeness (QED) is 0.774. The molecule has 1 fully saturated rings. The average Bonchev–Trinajstić information content (AvgIpc) is 2.81. The Morgan fingerprint density at radius 1 is 1.38 bits per heavy atom. The van der Waals surface area contributed by atoms with Crippen LogP contribution in [0.4, 0.5) is 4.39 Å². The first-order chi connectivity index (χ1) is 5.77. The SMILES string of the molecule is CN[C@@H]1C[C@]1(F)c1ccccc1.Cl. The lowest BCUT2D eigenvalue weighted by atomic mass is 10.1. The number of benzene rings is 1. The van der Waals surface area contributed by atoms with Gasteiger partial charge in [-0.1, -0.05) is 30.3 Å². The number of hydrogen-bond acceptors (Lipinski definition) is 1. The summed E-state index contributed by atoms with van der Waals surface area (Å²) in [6.07, 6.45) is 0.605. The average molecular weight is 202 g/mol. The number of likely N-dealkylation sites (N-methyl/N-ethyl adjacent to an activating group) is 1. The Labute approximate surface area is 83.8 Å². The van der Waals surface area contributed by atoms with Gasteiger partial charge in [-0.25, -0.2) is 4.39 Å². The summed E-state index contributed by atoms with van der Waals surface area (Å²) >= 11 is 0. The van der Waals surface area contributed by atoms with Crippen LogP contribution < -0.4 is 5.32 Å². The van der Waals surface area contributed by atoms with Gasteiger partial charge >= 0.3 is 0 Å². The van der Waals surface area contributed by atoms with Crippen molar-refractivity contribution in [3.8, 4) is 0 Å². The van der Waals surface area contributed by atoms with Crippen LogP contribution in [-0.4, -0.2) is 13.1 Å². The molecule has 1 saturated carbocycles. The molecule has 2 rings (SSSR count). The van der Waals surface area contributed by atoms with Gasteiger partial charge in [0.1, 0.15) is 0 Å². The maximum Gasteiger partial charge on any atom is 0.152 e. The molecule has 0 aliphatic heterocycles. The highest BCUT2D eigenvalue weighted by molar-refractivity contribution is 5.85. The highest BCUT2D eigenvalue weighted by atomic mass is 35.5. The van der Waals surface area contributed by atoms with Gasteiger partial charge in [0, 0.05) is 12.5 Å². The summed E-state index contributed by atoms with van der Waals surface area (Å²) in [5.41, 5.74) is -0.305. The van der Waals surface area contributed by atoms with E-state index in [0.29, 0.717) is 6.42 Å². The Balaban J connectivity index is 0.000000845. The smallest absolute Gasteiger partial charge is 0.152 e. The zero-order valence-electron chi connectivity index (χ0n) is 7.46. The lowest BCUT2D eigenvalue weighted by Crippen LogP contribution is -2.18. The van der Waals surface area contributed by atoms with Crippen molar-refractivity contribution in [2.45, 2.75) is 18.1 Å². The second-order valence-electron chi connectivity index (χ2n) is 3.27. The van der Waals surface area contributed by atoms with Crippen molar-refractivity contribution in [2.75, 3.05) is 7.05 Å². The van der Waals surface area contributed by atoms with Gasteiger partial charge in [-0.3, -0.25) is 0 Å². The summed E-state index contributed by atoms with van der Waals surface area (Å²) in [4.78, 5) is 0. The molecule has 2 atom stereocenters. The number of alkyl halides is 1. The second-order valence-corrected chi connectivity index (χ2v) is 3.27. The van der Waals surface area contributed by atoms with E-state index in [1.807, 2.05) is 30.3 Å². The molecule has 1 aromatic carbocycles. The summed E-state index contributed by atoms with van der Waals surface area (Å²) in [6, 6.07) is 9.36. The first-order valence-corrected chi connectivity index (χ1v) is 4.19. The lowest BCUT2D eigenvalue weighted by molar-refractivity contribution is 0.297. The predicted molar refractivity (Wildman–Crippen MR) is 53.9 cm³/mol. The van der Waals surface area contributed by atoms with Gasteiger partial charge in [0.2, 0.25) is 0 Å². The Hall–Kier alpha value is -0.600. The van der Waals surface area contributed by atoms with Crippen LogP contribution in [-0.2, 0) is 5.67 Å². The summed E-state index contributed by atoms with van der Waals surface area (Å²) in [5, 5.41) is 2.95. The maximum absolute atomic E-state index is 13.8. The number of rotatable bonds is 2. The molecule has 1 aliphatic carbocycles. The number of hydrogen-bond donors (Lipinski definition) is 1. The van der Waals surface area contributed by atoms with Gasteiger partial charge < -0.3 is 5.32 Å². The van der Waals surface area contributed by atoms with Crippen LogP contribution in [0.5, 0.6) is 0 Å². The van der Waals surface area contributed by atoms with Gasteiger partial charge in [-0.15, -0.1) is 12.4 Å². The molecule has 0 amide bonds. The molecule has 0 spiro atoms. The van der Waals surface area contributed by atoms with E-state index in [0.717, 1.165) is 5.56 Å². The van der Waals surface area contributed by atoms with Crippen LogP contribution in [0.25, 0.3) is 0 Å². The van der Waals surface area contributed by atoms with Crippen molar-refractivity contribution < 1.29 is 4.39 Å². The molecule has 1 N–H and O–H groups in total. The van der Waals surface area contributed by atoms with Crippen LogP contribution in [0, 0.1) is 0 Å². The first kappa shape index (κ1) is 10.5. The van der Waals surface area contributed by atoms with Crippen LogP contribution in [0.2, 0.25) is 0 Å². The van der Waals surface area contributed by atoms with E-state index < -0.39 is 5.67 Å². The highest BCUT2D eigenvalue weighted by Crippen LogP contribution is 2.49. The fourth-order valence-electron chi connectivity index (χ4n) is 1.60. The van der Waals surface area contributed by atoms with E-state index in [2.05, 4.69) is 5.32 Å². The van der Waals surface area contributed by atoms with E-state index >= 15 is 0 Å². The molecule has 72 valence electrons. The molecule has 0 aromatic heterocycles. The van der Waals surface area contributed by atoms with Crippen molar-refractivity contribution in [1.29, 1.82) is 0 Å². The summed E-state index contributed by atoms with van der Waals surface area (Å²) in [7, 11) is 1.80. The summed E-state index contributed by atoms with van der Waals surface area (Å²) in [5.74, 6) is 0. The molecule has 1 aliphatic rings. The Bertz CT molecular complexity index is 278. The fraction of sp³-hybridized carbons (Fsp3) is 0.400. The third-order valence-corrected chi connectivity index (χ3v) is 2.50. The molecule has 1 nitrogen and oxygen atoms in total. The van der Waals surface area contributed by atoms with Gasteiger partial charge in [0.15, 0.2) is 5.67 Å². The van der Waals surface area contributed by atoms with Crippen LogP contribution >= 0.6 is 12.4 Å². The zero-order chi connectivity index (χ0) is 8.60. The number of nitrogens with one attached hydrogen (secondary N) is 1. The Morgan fingerprint density at radius 2 is 2.00 bits per heavy atom. The monoisotopic (exact) mass is 201 g/mol. The van der Waals surface area contributed by atoms with Crippen LogP contribution in [0.1, 0.15) is 12.0 Å². The van der Waals surface area contributed by atoms with Crippen LogP contribution in [0.3, 0.4) is 0 Å². The van der Waals surface area contributed by atoms with Crippen molar-refractivity contribution in [3.05, 3.63) is 35.9 Å². The minimum absolute atomic E-state index is 0. The fourth-order valence-corrected chi connectivity index (χ4v) is 1.60. The maximum atomic E-state index is 13.8. The molecular weight excluding hydrogens is 189 g/mol. The van der Waals surface area contributed by atoms with E-state index in [1.165, 1.54) is 0 Å². The lowest BCUT2D eigenvalue weighted by Gasteiger charge is -2.06. The van der Waals surface area contributed by atoms with Gasteiger partial charge in [-0.2, -0.15) is 0 Å². The van der Waals surface area contributed by atoms with Gasteiger partial charge in [-0.05, 0) is 12.6 Å². The van der Waals surface area contributed by atoms with Gasteiger partial charge in [0.25, 0.3) is 0 Å². The minimum Gasteiger partial charge on any atom is -0.314 e. The van der Waals surface area contributed by atoms with Crippen LogP contribution in [0.15, 0.2) is 30.3 Å². The van der Waals surface area contributed by atoms with Crippen molar-refractivity contribution in [2.24, 2.45) is 0 Å². The van der Waals surface area contributed by atoms with E-state index in [9.17, 15) is 4.39 Å². The largest absolute Gasteiger partial charge is 0.314 e. The van der Waals surface area contributed by atoms with Crippen molar-refractivity contribution in [3.63, 3.8) is 0 Å². The topological polar surface area (TPSA) is 12.0 Å². The van der Waals surface area contributed by atoms with Crippen molar-refractivity contribution >= 4 is 12.4 Å². The van der Waals surface area contributed by atoms with E-state index in [-0.39, 0.29) is 18.4 Å². The molecule has 0 saturated heterocycles. The normalized spacial score (nSPS) is 30.8. The van der Waals surface area contributed by atoms with Gasteiger partial charge in [0.05, 0.1) is 0 Å². The zero-order valence-corrected chi connectivity index (χ0v) is 8.27. The minimum atomic E-state index is -1.10. The summed E-state index contributed by atoms with van der Waals surface area (Å²) < 4.78 is 13.8. The number of halogens is 2. The highest BCUT2D eigenvalue weighted by Gasteiger charge is 2.55. The molecule has 1 aromatic rings. The Morgan fingerprint density at radius 3 is 2.46 bits per heavy atom. The molecule has 13 heavy (non-hydrogen) atoms. The molecular formula is C10H13ClFN.